The first-order valence-electron chi connectivity index (χ1n) is 5.55. The Bertz CT molecular complexity index is 276. The van der Waals surface area contributed by atoms with Crippen molar-refractivity contribution in [1.82, 2.24) is 0 Å². The molecule has 79 valence electrons. The molecule has 0 aromatic heterocycles. The largest absolute Gasteiger partial charge is 0.454 e. The highest BCUT2D eigenvalue weighted by Gasteiger charge is 2.02. The van der Waals surface area contributed by atoms with Crippen molar-refractivity contribution in [2.45, 2.75) is 39.0 Å². The molecule has 0 aliphatic heterocycles. The van der Waals surface area contributed by atoms with Gasteiger partial charge in [-0.05, 0) is 23.6 Å². The second-order valence-corrected chi connectivity index (χ2v) is 5.23. The van der Waals surface area contributed by atoms with Gasteiger partial charge in [-0.25, -0.2) is 0 Å². The van der Waals surface area contributed by atoms with Crippen LogP contribution < -0.4 is 5.19 Å². The van der Waals surface area contributed by atoms with Gasteiger partial charge in [-0.1, -0.05) is 50.5 Å². The van der Waals surface area contributed by atoms with Crippen LogP contribution in [0.3, 0.4) is 0 Å². The maximum atomic E-state index is 5.03. The molecule has 0 N–H and O–H groups in total. The van der Waals surface area contributed by atoms with E-state index in [0.29, 0.717) is 9.76 Å². The zero-order valence-corrected chi connectivity index (χ0v) is 11.3. The van der Waals surface area contributed by atoms with E-state index in [1.165, 1.54) is 42.9 Å². The number of unbranched alkanes of at least 4 members (excludes halogenated alkanes) is 3. The van der Waals surface area contributed by atoms with E-state index in [1.807, 2.05) is 0 Å². The number of benzene rings is 1. The molecule has 0 spiro atoms. The molecule has 0 amide bonds. The first-order chi connectivity index (χ1) is 7.38. The quantitative estimate of drug-likeness (QED) is 0.518. The van der Waals surface area contributed by atoms with Gasteiger partial charge in [0, 0.05) is 0 Å². The van der Waals surface area contributed by atoms with E-state index >= 15 is 0 Å². The van der Waals surface area contributed by atoms with Crippen molar-refractivity contribution in [2.24, 2.45) is 0 Å². The maximum absolute atomic E-state index is 5.03. The van der Waals surface area contributed by atoms with Crippen molar-refractivity contribution in [1.29, 1.82) is 0 Å². The van der Waals surface area contributed by atoms with Crippen molar-refractivity contribution in [3.8, 4) is 0 Å². The van der Waals surface area contributed by atoms with Gasteiger partial charge < -0.3 is 4.12 Å². The molecule has 1 aromatic rings. The van der Waals surface area contributed by atoms with Gasteiger partial charge in [0.2, 0.25) is 10.5 Å². The molecule has 0 fully saturated rings. The van der Waals surface area contributed by atoms with E-state index in [1.54, 1.807) is 0 Å². The second-order valence-electron chi connectivity index (χ2n) is 3.67. The minimum Gasteiger partial charge on any atom is -0.454 e. The average molecular weight is 233 g/mol. The predicted molar refractivity (Wildman–Crippen MR) is 66.5 cm³/mol. The second kappa shape index (κ2) is 7.85. The Morgan fingerprint density at radius 1 is 1.20 bits per heavy atom. The summed E-state index contributed by atoms with van der Waals surface area (Å²) < 4.78 is 5.03. The van der Waals surface area contributed by atoms with Crippen LogP contribution in [-0.2, 0) is 10.5 Å². The Hall–Kier alpha value is -0.386. The third-order valence-electron chi connectivity index (χ3n) is 2.48. The molecular formula is C12H17OSi2. The molecule has 0 bridgehead atoms. The molecule has 0 atom stereocenters. The molecule has 1 rings (SSSR count). The lowest BCUT2D eigenvalue weighted by molar-refractivity contribution is 0.663. The number of hydrogen-bond donors (Lipinski definition) is 0. The minimum atomic E-state index is 0.412. The summed E-state index contributed by atoms with van der Waals surface area (Å²) in [6, 6.07) is 8.53. The summed E-state index contributed by atoms with van der Waals surface area (Å²) >= 11 is 0. The van der Waals surface area contributed by atoms with E-state index in [0.717, 1.165) is 0 Å². The van der Waals surface area contributed by atoms with Gasteiger partial charge in [0.15, 0.2) is 0 Å². The van der Waals surface area contributed by atoms with Crippen LogP contribution in [0, 0.1) is 0 Å². The molecule has 0 aliphatic carbocycles. The predicted octanol–water partition coefficient (Wildman–Crippen LogP) is 2.15. The Labute approximate surface area is 98.7 Å². The van der Waals surface area contributed by atoms with E-state index in [2.05, 4.69) is 41.7 Å². The van der Waals surface area contributed by atoms with Gasteiger partial charge in [0.1, 0.15) is 0 Å². The standard InChI is InChI=1S/C12H17OSi2/c1-2-3-4-5-8-11-9-6-7-10-12(11)15-13-14/h6-7,9-10H,2-5,8H2,1H3. The fourth-order valence-electron chi connectivity index (χ4n) is 1.64. The first kappa shape index (κ1) is 12.7. The van der Waals surface area contributed by atoms with Crippen LogP contribution in [0.2, 0.25) is 0 Å². The minimum absolute atomic E-state index is 0.412. The lowest BCUT2D eigenvalue weighted by atomic mass is 10.1. The Morgan fingerprint density at radius 2 is 2.00 bits per heavy atom. The van der Waals surface area contributed by atoms with Crippen LogP contribution in [0.15, 0.2) is 24.3 Å². The van der Waals surface area contributed by atoms with Gasteiger partial charge in [-0.15, -0.1) is 0 Å². The van der Waals surface area contributed by atoms with Gasteiger partial charge in [0.25, 0.3) is 9.76 Å². The SMILES string of the molecule is CCCCCCc1ccccc1[Si]O[Si]. The molecule has 0 unspecified atom stereocenters. The highest BCUT2D eigenvalue weighted by Crippen LogP contribution is 2.05. The van der Waals surface area contributed by atoms with E-state index in [4.69, 9.17) is 4.12 Å². The summed E-state index contributed by atoms with van der Waals surface area (Å²) in [5.41, 5.74) is 1.44. The Kier molecular flexibility index (Phi) is 6.63. The molecule has 15 heavy (non-hydrogen) atoms. The topological polar surface area (TPSA) is 9.23 Å². The fourth-order valence-corrected chi connectivity index (χ4v) is 2.58. The van der Waals surface area contributed by atoms with E-state index in [9.17, 15) is 0 Å². The van der Waals surface area contributed by atoms with Gasteiger partial charge in [-0.2, -0.15) is 0 Å². The summed E-state index contributed by atoms with van der Waals surface area (Å²) in [7, 11) is 3.48. The highest BCUT2D eigenvalue weighted by molar-refractivity contribution is 6.51. The zero-order chi connectivity index (χ0) is 10.9. The summed E-state index contributed by atoms with van der Waals surface area (Å²) in [6.45, 7) is 2.24. The Balaban J connectivity index is 2.44. The highest BCUT2D eigenvalue weighted by atomic mass is 28.3. The molecule has 5 radical (unpaired) electrons. The number of rotatable bonds is 7. The third-order valence-corrected chi connectivity index (χ3v) is 3.59. The van der Waals surface area contributed by atoms with Crippen molar-refractivity contribution >= 4 is 25.4 Å². The van der Waals surface area contributed by atoms with Crippen LogP contribution in [0.5, 0.6) is 0 Å². The molecule has 0 saturated heterocycles. The first-order valence-corrected chi connectivity index (χ1v) is 6.86. The Morgan fingerprint density at radius 3 is 2.73 bits per heavy atom. The molecule has 0 saturated carbocycles. The van der Waals surface area contributed by atoms with Gasteiger partial charge in [0.05, 0.1) is 0 Å². The summed E-state index contributed by atoms with van der Waals surface area (Å²) in [5, 5.41) is 1.32. The lowest BCUT2D eigenvalue weighted by Crippen LogP contribution is -2.21. The summed E-state index contributed by atoms with van der Waals surface area (Å²) in [6.07, 6.45) is 6.45. The van der Waals surface area contributed by atoms with Gasteiger partial charge >= 0.3 is 0 Å². The zero-order valence-electron chi connectivity index (χ0n) is 9.25. The molecule has 1 nitrogen and oxygen atoms in total. The van der Waals surface area contributed by atoms with Crippen molar-refractivity contribution in [2.75, 3.05) is 0 Å². The third kappa shape index (κ3) is 4.77. The van der Waals surface area contributed by atoms with Gasteiger partial charge in [-0.3, -0.25) is 0 Å². The smallest absolute Gasteiger partial charge is 0.256 e. The van der Waals surface area contributed by atoms with Crippen LogP contribution in [-0.4, -0.2) is 20.2 Å². The van der Waals surface area contributed by atoms with Crippen LogP contribution in [0.4, 0.5) is 0 Å². The van der Waals surface area contributed by atoms with Crippen molar-refractivity contribution < 1.29 is 4.12 Å². The molecule has 1 aromatic carbocycles. The van der Waals surface area contributed by atoms with Crippen LogP contribution in [0.1, 0.15) is 38.2 Å². The maximum Gasteiger partial charge on any atom is 0.256 e. The van der Waals surface area contributed by atoms with E-state index in [-0.39, 0.29) is 0 Å². The molecule has 0 aliphatic rings. The lowest BCUT2D eigenvalue weighted by Gasteiger charge is -2.07. The summed E-state index contributed by atoms with van der Waals surface area (Å²) in [4.78, 5) is 0. The van der Waals surface area contributed by atoms with E-state index < -0.39 is 0 Å². The van der Waals surface area contributed by atoms with Crippen molar-refractivity contribution in [3.63, 3.8) is 0 Å². The monoisotopic (exact) mass is 233 g/mol. The average Bonchev–Trinajstić information content (AvgIpc) is 2.27. The molecular weight excluding hydrogens is 216 g/mol. The number of hydrogen-bond acceptors (Lipinski definition) is 1. The van der Waals surface area contributed by atoms with Crippen LogP contribution >= 0.6 is 0 Å². The molecule has 3 heteroatoms. The number of aryl methyl sites for hydroxylation is 1. The van der Waals surface area contributed by atoms with Crippen molar-refractivity contribution in [3.05, 3.63) is 29.8 Å². The normalized spacial score (nSPS) is 10.5. The summed E-state index contributed by atoms with van der Waals surface area (Å²) in [5.74, 6) is 0. The van der Waals surface area contributed by atoms with Crippen LogP contribution in [0.25, 0.3) is 0 Å². The molecule has 0 heterocycles. The fraction of sp³-hybridized carbons (Fsp3) is 0.500.